The van der Waals surface area contributed by atoms with Gasteiger partial charge in [-0.05, 0) is 29.8 Å². The van der Waals surface area contributed by atoms with Crippen molar-refractivity contribution in [2.24, 2.45) is 0 Å². The lowest BCUT2D eigenvalue weighted by Crippen LogP contribution is -2.08. The molecule has 2 heterocycles. The Morgan fingerprint density at radius 1 is 1.07 bits per heavy atom. The van der Waals surface area contributed by atoms with E-state index < -0.39 is 4.92 Å². The van der Waals surface area contributed by atoms with Gasteiger partial charge >= 0.3 is 5.69 Å². The average molecular weight is 400 g/mol. The highest BCUT2D eigenvalue weighted by atomic mass is 35.5. The van der Waals surface area contributed by atoms with Crippen LogP contribution in [-0.2, 0) is 6.54 Å². The highest BCUT2D eigenvalue weighted by molar-refractivity contribution is 6.30. The molecule has 1 aliphatic heterocycles. The highest BCUT2D eigenvalue weighted by Gasteiger charge is 2.23. The van der Waals surface area contributed by atoms with Crippen LogP contribution in [0.2, 0.25) is 5.02 Å². The molecular formula is C18H14ClN5O4. The molecule has 4 rings (SSSR count). The van der Waals surface area contributed by atoms with Crippen molar-refractivity contribution in [2.75, 3.05) is 17.4 Å². The van der Waals surface area contributed by atoms with Crippen molar-refractivity contribution in [3.8, 4) is 11.5 Å². The fraction of sp³-hybridized carbons (Fsp3) is 0.111. The average Bonchev–Trinajstić information content (AvgIpc) is 3.15. The van der Waals surface area contributed by atoms with E-state index >= 15 is 0 Å². The summed E-state index contributed by atoms with van der Waals surface area (Å²) in [5.41, 5.74) is 1.23. The molecule has 0 atom stereocenters. The molecule has 0 aliphatic carbocycles. The van der Waals surface area contributed by atoms with Gasteiger partial charge in [-0.15, -0.1) is 0 Å². The molecule has 10 heteroatoms. The number of anilines is 3. The van der Waals surface area contributed by atoms with Crippen molar-refractivity contribution in [1.82, 2.24) is 9.97 Å². The summed E-state index contributed by atoms with van der Waals surface area (Å²) in [5, 5.41) is 18.2. The third kappa shape index (κ3) is 3.74. The zero-order chi connectivity index (χ0) is 19.5. The smallest absolute Gasteiger partial charge is 0.353 e. The monoisotopic (exact) mass is 399 g/mol. The minimum absolute atomic E-state index is 0.0671. The van der Waals surface area contributed by atoms with Crippen LogP contribution in [0.5, 0.6) is 11.5 Å². The number of nitrogens with zero attached hydrogens (tertiary/aromatic N) is 3. The maximum absolute atomic E-state index is 11.7. The van der Waals surface area contributed by atoms with Crippen LogP contribution in [0.25, 0.3) is 0 Å². The van der Waals surface area contributed by atoms with Crippen molar-refractivity contribution >= 4 is 34.6 Å². The lowest BCUT2D eigenvalue weighted by Gasteiger charge is -2.10. The van der Waals surface area contributed by atoms with Crippen molar-refractivity contribution < 1.29 is 14.4 Å². The number of rotatable bonds is 6. The Morgan fingerprint density at radius 3 is 2.61 bits per heavy atom. The molecule has 3 aromatic rings. The molecule has 2 N–H and O–H groups in total. The molecule has 28 heavy (non-hydrogen) atoms. The Labute approximate surface area is 164 Å². The molecule has 0 bridgehead atoms. The van der Waals surface area contributed by atoms with Crippen molar-refractivity contribution in [3.63, 3.8) is 0 Å². The molecule has 0 saturated heterocycles. The van der Waals surface area contributed by atoms with Gasteiger partial charge in [0.25, 0.3) is 0 Å². The first-order valence-electron chi connectivity index (χ1n) is 8.24. The van der Waals surface area contributed by atoms with E-state index in [1.807, 2.05) is 12.1 Å². The highest BCUT2D eigenvalue weighted by Crippen LogP contribution is 2.37. The zero-order valence-corrected chi connectivity index (χ0v) is 15.1. The minimum Gasteiger partial charge on any atom is -0.454 e. The van der Waals surface area contributed by atoms with E-state index in [0.717, 1.165) is 5.56 Å². The Morgan fingerprint density at radius 2 is 1.82 bits per heavy atom. The van der Waals surface area contributed by atoms with Crippen LogP contribution in [-0.4, -0.2) is 21.7 Å². The van der Waals surface area contributed by atoms with Gasteiger partial charge in [0.1, 0.15) is 6.33 Å². The molecule has 9 nitrogen and oxygen atoms in total. The molecule has 1 aromatic heterocycles. The second kappa shape index (κ2) is 7.57. The number of halogens is 1. The number of nitro groups is 1. The first-order chi connectivity index (χ1) is 13.6. The van der Waals surface area contributed by atoms with E-state index in [1.165, 1.54) is 6.33 Å². The molecule has 0 unspecified atom stereocenters. The van der Waals surface area contributed by atoms with Crippen LogP contribution < -0.4 is 20.1 Å². The Balaban J connectivity index is 1.58. The number of aromatic nitrogens is 2. The van der Waals surface area contributed by atoms with Gasteiger partial charge in [-0.25, -0.2) is 9.97 Å². The van der Waals surface area contributed by atoms with E-state index in [0.29, 0.717) is 28.8 Å². The third-order valence-electron chi connectivity index (χ3n) is 4.01. The summed E-state index contributed by atoms with van der Waals surface area (Å²) in [7, 11) is 0. The second-order valence-corrected chi connectivity index (χ2v) is 6.29. The number of nitrogens with one attached hydrogen (secondary N) is 2. The Hall–Kier alpha value is -3.59. The summed E-state index contributed by atoms with van der Waals surface area (Å²) in [6, 6.07) is 12.3. The van der Waals surface area contributed by atoms with E-state index in [1.54, 1.807) is 30.3 Å². The van der Waals surface area contributed by atoms with Gasteiger partial charge in [-0.3, -0.25) is 10.1 Å². The molecule has 0 fully saturated rings. The third-order valence-corrected chi connectivity index (χ3v) is 4.27. The number of ether oxygens (including phenoxy) is 2. The lowest BCUT2D eigenvalue weighted by molar-refractivity contribution is -0.383. The van der Waals surface area contributed by atoms with E-state index in [4.69, 9.17) is 21.1 Å². The van der Waals surface area contributed by atoms with Crippen LogP contribution >= 0.6 is 11.6 Å². The predicted octanol–water partition coefficient (Wildman–Crippen LogP) is 4.12. The van der Waals surface area contributed by atoms with E-state index in [-0.39, 0.29) is 24.1 Å². The molecule has 0 amide bonds. The van der Waals surface area contributed by atoms with E-state index in [2.05, 4.69) is 20.6 Å². The number of hydrogen-bond acceptors (Lipinski definition) is 8. The summed E-state index contributed by atoms with van der Waals surface area (Å²) in [4.78, 5) is 19.2. The van der Waals surface area contributed by atoms with Gasteiger partial charge in [0.2, 0.25) is 18.4 Å². The van der Waals surface area contributed by atoms with Gasteiger partial charge in [0, 0.05) is 23.3 Å². The van der Waals surface area contributed by atoms with E-state index in [9.17, 15) is 10.1 Å². The van der Waals surface area contributed by atoms with Gasteiger partial charge in [0.15, 0.2) is 11.5 Å². The van der Waals surface area contributed by atoms with Crippen LogP contribution in [0, 0.1) is 10.1 Å². The first-order valence-corrected chi connectivity index (χ1v) is 8.62. The zero-order valence-electron chi connectivity index (χ0n) is 14.4. The molecular weight excluding hydrogens is 386 g/mol. The second-order valence-electron chi connectivity index (χ2n) is 5.85. The number of fused-ring (bicyclic) bond motifs is 1. The topological polar surface area (TPSA) is 111 Å². The van der Waals surface area contributed by atoms with Crippen molar-refractivity contribution in [3.05, 3.63) is 69.5 Å². The predicted molar refractivity (Wildman–Crippen MR) is 103 cm³/mol. The molecule has 142 valence electrons. The molecule has 1 aliphatic rings. The fourth-order valence-electron chi connectivity index (χ4n) is 2.67. The summed E-state index contributed by atoms with van der Waals surface area (Å²) in [6.07, 6.45) is 1.26. The molecule has 0 saturated carbocycles. The largest absolute Gasteiger partial charge is 0.454 e. The standard InChI is InChI=1S/C18H14ClN5O4/c19-12-3-1-11(2-4-12)8-20-17-16(24(25)26)18(22-9-21-17)23-13-5-6-14-15(7-13)28-10-27-14/h1-7,9H,8,10H2,(H2,20,21,22,23). The van der Waals surface area contributed by atoms with Crippen LogP contribution in [0.15, 0.2) is 48.8 Å². The number of hydrogen-bond donors (Lipinski definition) is 2. The van der Waals surface area contributed by atoms with Crippen LogP contribution in [0.1, 0.15) is 5.56 Å². The van der Waals surface area contributed by atoms with Gasteiger partial charge in [-0.1, -0.05) is 23.7 Å². The van der Waals surface area contributed by atoms with Crippen molar-refractivity contribution in [2.45, 2.75) is 6.54 Å². The van der Waals surface area contributed by atoms with Gasteiger partial charge < -0.3 is 20.1 Å². The summed E-state index contributed by atoms with van der Waals surface area (Å²) < 4.78 is 10.6. The Bertz CT molecular complexity index is 1030. The lowest BCUT2D eigenvalue weighted by atomic mass is 10.2. The summed E-state index contributed by atoms with van der Waals surface area (Å²) >= 11 is 5.87. The summed E-state index contributed by atoms with van der Waals surface area (Å²) in [5.74, 6) is 1.35. The first kappa shape index (κ1) is 17.8. The fourth-order valence-corrected chi connectivity index (χ4v) is 2.80. The molecule has 2 aromatic carbocycles. The minimum atomic E-state index is -0.528. The van der Waals surface area contributed by atoms with Gasteiger partial charge in [0.05, 0.1) is 4.92 Å². The quantitative estimate of drug-likeness (QED) is 0.470. The maximum atomic E-state index is 11.7. The van der Waals surface area contributed by atoms with Gasteiger partial charge in [-0.2, -0.15) is 0 Å². The van der Waals surface area contributed by atoms with Crippen LogP contribution in [0.3, 0.4) is 0 Å². The summed E-state index contributed by atoms with van der Waals surface area (Å²) in [6.45, 7) is 0.490. The SMILES string of the molecule is O=[N+]([O-])c1c(NCc2ccc(Cl)cc2)ncnc1Nc1ccc2c(c1)OCO2. The molecule has 0 radical (unpaired) electrons. The normalized spacial score (nSPS) is 11.9. The van der Waals surface area contributed by atoms with Crippen LogP contribution in [0.4, 0.5) is 23.0 Å². The Kier molecular flexibility index (Phi) is 4.81. The van der Waals surface area contributed by atoms with Crippen molar-refractivity contribution in [1.29, 1.82) is 0 Å². The maximum Gasteiger partial charge on any atom is 0.353 e. The molecule has 0 spiro atoms. The number of benzene rings is 2.